The average Bonchev–Trinajstić information content (AvgIpc) is 2.57. The number of hydrogen-bond acceptors (Lipinski definition) is 4. The summed E-state index contributed by atoms with van der Waals surface area (Å²) < 4.78 is 14.4. The predicted molar refractivity (Wildman–Crippen MR) is 96.4 cm³/mol. The van der Waals surface area contributed by atoms with Gasteiger partial charge in [0.25, 0.3) is 0 Å². The van der Waals surface area contributed by atoms with E-state index in [-0.39, 0.29) is 17.5 Å². The van der Waals surface area contributed by atoms with Crippen molar-refractivity contribution in [2.24, 2.45) is 5.92 Å². The van der Waals surface area contributed by atoms with Crippen molar-refractivity contribution in [3.05, 3.63) is 46.1 Å². The first-order valence-electron chi connectivity index (χ1n) is 8.20. The van der Waals surface area contributed by atoms with Crippen LogP contribution in [0.15, 0.2) is 34.7 Å². The van der Waals surface area contributed by atoms with Gasteiger partial charge in [-0.1, -0.05) is 32.0 Å². The van der Waals surface area contributed by atoms with Crippen LogP contribution < -0.4 is 0 Å². The van der Waals surface area contributed by atoms with Crippen molar-refractivity contribution in [1.29, 1.82) is 0 Å². The van der Waals surface area contributed by atoms with E-state index < -0.39 is 6.04 Å². The van der Waals surface area contributed by atoms with Crippen molar-refractivity contribution in [2.75, 3.05) is 19.3 Å². The van der Waals surface area contributed by atoms with Gasteiger partial charge in [-0.15, -0.1) is 11.8 Å². The molecule has 0 aliphatic carbocycles. The number of carbonyl (C=O) groups excluding carboxylic acids is 2. The van der Waals surface area contributed by atoms with E-state index in [4.69, 9.17) is 0 Å². The highest BCUT2D eigenvalue weighted by atomic mass is 32.2. The maximum Gasteiger partial charge on any atom is 0.157 e. The molecular weight excluding hydrogens is 325 g/mol. The number of aldehydes is 1. The van der Waals surface area contributed by atoms with E-state index in [1.54, 1.807) is 30.0 Å². The molecule has 1 atom stereocenters. The minimum atomic E-state index is -0.601. The molecule has 3 nitrogen and oxygen atoms in total. The lowest BCUT2D eigenvalue weighted by atomic mass is 9.91. The smallest absolute Gasteiger partial charge is 0.157 e. The molecule has 0 spiro atoms. The van der Waals surface area contributed by atoms with Gasteiger partial charge in [0.1, 0.15) is 12.1 Å². The number of nitrogens with zero attached hydrogens (tertiary/aromatic N) is 1. The Labute approximate surface area is 147 Å². The van der Waals surface area contributed by atoms with Crippen LogP contribution in [-0.2, 0) is 9.59 Å². The molecule has 1 aromatic rings. The van der Waals surface area contributed by atoms with Crippen LogP contribution in [0.1, 0.15) is 38.3 Å². The fourth-order valence-corrected chi connectivity index (χ4v) is 3.85. The van der Waals surface area contributed by atoms with Crippen molar-refractivity contribution < 1.29 is 14.0 Å². The second-order valence-electron chi connectivity index (χ2n) is 6.30. The molecule has 0 fully saturated rings. The lowest BCUT2D eigenvalue weighted by Gasteiger charge is -2.36. The van der Waals surface area contributed by atoms with Gasteiger partial charge in [-0.2, -0.15) is 0 Å². The van der Waals surface area contributed by atoms with Gasteiger partial charge >= 0.3 is 0 Å². The Kier molecular flexibility index (Phi) is 6.75. The molecule has 2 rings (SSSR count). The van der Waals surface area contributed by atoms with Crippen molar-refractivity contribution in [3.8, 4) is 0 Å². The van der Waals surface area contributed by atoms with Crippen molar-refractivity contribution >= 4 is 23.8 Å². The lowest BCUT2D eigenvalue weighted by molar-refractivity contribution is -0.127. The van der Waals surface area contributed by atoms with Crippen LogP contribution in [0, 0.1) is 11.7 Å². The summed E-state index contributed by atoms with van der Waals surface area (Å²) >= 11 is 1.66. The molecule has 130 valence electrons. The number of carbonyl (C=O) groups is 2. The Morgan fingerprint density at radius 3 is 2.67 bits per heavy atom. The highest BCUT2D eigenvalue weighted by Gasteiger charge is 2.33. The zero-order valence-corrected chi connectivity index (χ0v) is 15.2. The molecule has 0 radical (unpaired) electrons. The number of benzene rings is 1. The quantitative estimate of drug-likeness (QED) is 0.697. The van der Waals surface area contributed by atoms with E-state index >= 15 is 0 Å². The molecule has 0 amide bonds. The van der Waals surface area contributed by atoms with Gasteiger partial charge in [0.15, 0.2) is 5.78 Å². The summed E-state index contributed by atoms with van der Waals surface area (Å²) in [6, 6.07) is 5.88. The molecule has 0 N–H and O–H groups in total. The van der Waals surface area contributed by atoms with Gasteiger partial charge in [-0.3, -0.25) is 9.69 Å². The Bertz CT molecular complexity index is 642. The van der Waals surface area contributed by atoms with Crippen LogP contribution in [0.4, 0.5) is 4.39 Å². The zero-order valence-electron chi connectivity index (χ0n) is 14.4. The third kappa shape index (κ3) is 4.14. The second-order valence-corrected chi connectivity index (χ2v) is 7.20. The summed E-state index contributed by atoms with van der Waals surface area (Å²) in [6.07, 6.45) is 4.06. The van der Waals surface area contributed by atoms with Crippen molar-refractivity contribution in [2.45, 2.75) is 32.7 Å². The van der Waals surface area contributed by atoms with E-state index in [0.717, 1.165) is 18.3 Å². The normalized spacial score (nSPS) is 17.2. The fourth-order valence-electron chi connectivity index (χ4n) is 3.12. The van der Waals surface area contributed by atoms with E-state index in [1.165, 1.54) is 11.0 Å². The Morgan fingerprint density at radius 2 is 2.08 bits per heavy atom. The van der Waals surface area contributed by atoms with Crippen LogP contribution >= 0.6 is 11.8 Å². The van der Waals surface area contributed by atoms with Crippen LogP contribution in [0.5, 0.6) is 0 Å². The van der Waals surface area contributed by atoms with Crippen molar-refractivity contribution in [3.63, 3.8) is 0 Å². The molecule has 24 heavy (non-hydrogen) atoms. The molecule has 0 saturated carbocycles. The lowest BCUT2D eigenvalue weighted by Crippen LogP contribution is -2.40. The van der Waals surface area contributed by atoms with Gasteiger partial charge < -0.3 is 4.79 Å². The molecule has 1 aliphatic rings. The summed E-state index contributed by atoms with van der Waals surface area (Å²) in [7, 11) is 0. The number of Topliss-reactive ketones (excluding diaryl/α,β-unsaturated/α-hetero) is 1. The molecule has 1 unspecified atom stereocenters. The average molecular weight is 349 g/mol. The van der Waals surface area contributed by atoms with E-state index in [0.29, 0.717) is 25.1 Å². The monoisotopic (exact) mass is 349 g/mol. The Balaban J connectivity index is 2.39. The van der Waals surface area contributed by atoms with Crippen molar-refractivity contribution in [1.82, 2.24) is 4.90 Å². The third-order valence-electron chi connectivity index (χ3n) is 4.39. The van der Waals surface area contributed by atoms with Gasteiger partial charge in [0, 0.05) is 31.0 Å². The molecular formula is C19H24FNO2S. The van der Waals surface area contributed by atoms with Gasteiger partial charge in [0.05, 0.1) is 6.04 Å². The second kappa shape index (κ2) is 8.58. The highest BCUT2D eigenvalue weighted by Crippen LogP contribution is 2.34. The van der Waals surface area contributed by atoms with Crippen LogP contribution in [-0.4, -0.2) is 36.3 Å². The molecule has 5 heteroatoms. The SMILES string of the molecule is CSC1=C(CC=O)CN(C(C(=O)C(C)C)c2ccccc2F)CC1. The highest BCUT2D eigenvalue weighted by molar-refractivity contribution is 8.02. The first-order valence-corrected chi connectivity index (χ1v) is 9.42. The van der Waals surface area contributed by atoms with Crippen LogP contribution in [0.2, 0.25) is 0 Å². The number of halogens is 1. The Morgan fingerprint density at radius 1 is 1.38 bits per heavy atom. The molecule has 0 bridgehead atoms. The molecule has 0 saturated heterocycles. The first-order chi connectivity index (χ1) is 11.5. The maximum atomic E-state index is 14.4. The summed E-state index contributed by atoms with van der Waals surface area (Å²) in [4.78, 5) is 27.0. The van der Waals surface area contributed by atoms with Crippen LogP contribution in [0.3, 0.4) is 0 Å². The minimum absolute atomic E-state index is 0.0122. The number of ketones is 1. The summed E-state index contributed by atoms with van der Waals surface area (Å²) in [6.45, 7) is 4.91. The molecule has 1 aromatic carbocycles. The molecule has 1 aliphatic heterocycles. The van der Waals surface area contributed by atoms with E-state index in [1.807, 2.05) is 25.0 Å². The minimum Gasteiger partial charge on any atom is -0.303 e. The first kappa shape index (κ1) is 18.9. The number of thioether (sulfide) groups is 1. The number of hydrogen-bond donors (Lipinski definition) is 0. The topological polar surface area (TPSA) is 37.4 Å². The van der Waals surface area contributed by atoms with Gasteiger partial charge in [-0.25, -0.2) is 4.39 Å². The standard InChI is InChI=1S/C19H24FNO2S/c1-13(2)19(23)18(15-6-4-5-7-16(15)20)21-10-8-17(24-3)14(12-21)9-11-22/h4-7,11,13,18H,8-10,12H2,1-3H3. The Hall–Kier alpha value is -1.46. The molecule has 1 heterocycles. The van der Waals surface area contributed by atoms with Gasteiger partial charge in [0.2, 0.25) is 0 Å². The molecule has 0 aromatic heterocycles. The maximum absolute atomic E-state index is 14.4. The van der Waals surface area contributed by atoms with E-state index in [2.05, 4.69) is 0 Å². The van der Waals surface area contributed by atoms with E-state index in [9.17, 15) is 14.0 Å². The van der Waals surface area contributed by atoms with Gasteiger partial charge in [-0.05, 0) is 29.2 Å². The largest absolute Gasteiger partial charge is 0.303 e. The zero-order chi connectivity index (χ0) is 17.7. The predicted octanol–water partition coefficient (Wildman–Crippen LogP) is 4.00. The summed E-state index contributed by atoms with van der Waals surface area (Å²) in [5.74, 6) is -0.527. The summed E-state index contributed by atoms with van der Waals surface area (Å²) in [5, 5.41) is 0. The summed E-state index contributed by atoms with van der Waals surface area (Å²) in [5.41, 5.74) is 1.47. The number of rotatable bonds is 7. The fraction of sp³-hybridized carbons (Fsp3) is 0.474. The van der Waals surface area contributed by atoms with Crippen LogP contribution in [0.25, 0.3) is 0 Å². The third-order valence-corrected chi connectivity index (χ3v) is 5.38.